The first-order valence-electron chi connectivity index (χ1n) is 9.90. The first-order chi connectivity index (χ1) is 13.5. The van der Waals surface area contributed by atoms with Crippen molar-refractivity contribution < 1.29 is 9.80 Å². The number of para-hydroxylation sites is 1. The minimum atomic E-state index is 0.0917. The average molecular weight is 417 g/mol. The molecule has 0 radical (unpaired) electrons. The Kier molecular flexibility index (Phi) is 5.87. The van der Waals surface area contributed by atoms with Gasteiger partial charge in [-0.05, 0) is 17.7 Å². The smallest absolute Gasteiger partial charge is 0.267 e. The largest absolute Gasteiger partial charge is 0.340 e. The number of quaternary nitrogens is 2. The Morgan fingerprint density at radius 3 is 2.82 bits per heavy atom. The molecule has 0 saturated carbocycles. The highest BCUT2D eigenvalue weighted by molar-refractivity contribution is 7.99. The molecule has 0 bridgehead atoms. The highest BCUT2D eigenvalue weighted by Gasteiger charge is 2.26. The number of aromatic nitrogens is 2. The molecule has 2 aromatic heterocycles. The molecule has 0 saturated heterocycles. The van der Waals surface area contributed by atoms with Crippen molar-refractivity contribution in [1.29, 1.82) is 0 Å². The summed E-state index contributed by atoms with van der Waals surface area (Å²) in [6.07, 6.45) is 2.07. The highest BCUT2D eigenvalue weighted by Crippen LogP contribution is 2.31. The average Bonchev–Trinajstić information content (AvgIpc) is 3.03. The summed E-state index contributed by atoms with van der Waals surface area (Å²) in [7, 11) is 6.56. The van der Waals surface area contributed by atoms with Crippen molar-refractivity contribution in [3.63, 3.8) is 0 Å². The van der Waals surface area contributed by atoms with Gasteiger partial charge in [-0.15, -0.1) is 11.3 Å². The second-order valence-electron chi connectivity index (χ2n) is 7.85. The second kappa shape index (κ2) is 8.37. The van der Waals surface area contributed by atoms with Crippen LogP contribution in [0.3, 0.4) is 0 Å². The minimum absolute atomic E-state index is 0.0917. The zero-order valence-corrected chi connectivity index (χ0v) is 18.4. The fraction of sp³-hybridized carbons (Fsp3) is 0.429. The Morgan fingerprint density at radius 2 is 2.07 bits per heavy atom. The number of hydrogen-bond acceptors (Lipinski definition) is 4. The second-order valence-corrected chi connectivity index (χ2v) is 9.99. The van der Waals surface area contributed by atoms with Gasteiger partial charge in [-0.1, -0.05) is 30.0 Å². The summed E-state index contributed by atoms with van der Waals surface area (Å²) < 4.78 is 1.83. The lowest BCUT2D eigenvalue weighted by Crippen LogP contribution is -3.08. The number of thiophene rings is 1. The van der Waals surface area contributed by atoms with Crippen molar-refractivity contribution in [2.24, 2.45) is 0 Å². The molecule has 3 aromatic rings. The third kappa shape index (κ3) is 3.89. The first kappa shape index (κ1) is 19.6. The Labute approximate surface area is 174 Å². The molecule has 1 atom stereocenters. The maximum atomic E-state index is 13.6. The summed E-state index contributed by atoms with van der Waals surface area (Å²) in [5.41, 5.74) is 2.23. The summed E-state index contributed by atoms with van der Waals surface area (Å²) in [6, 6.07) is 9.95. The Bertz CT molecular complexity index is 1030. The molecule has 1 unspecified atom stereocenters. The van der Waals surface area contributed by atoms with E-state index in [1.54, 1.807) is 23.1 Å². The Hall–Kier alpha value is -1.67. The van der Waals surface area contributed by atoms with Gasteiger partial charge in [0, 0.05) is 18.6 Å². The van der Waals surface area contributed by atoms with Gasteiger partial charge in [-0.3, -0.25) is 9.36 Å². The van der Waals surface area contributed by atoms with E-state index in [1.165, 1.54) is 20.2 Å². The van der Waals surface area contributed by atoms with E-state index in [9.17, 15) is 4.79 Å². The van der Waals surface area contributed by atoms with Crippen LogP contribution < -0.4 is 15.4 Å². The zero-order chi connectivity index (χ0) is 19.7. The molecule has 0 spiro atoms. The number of hydrogen-bond donors (Lipinski definition) is 2. The lowest BCUT2D eigenvalue weighted by Gasteiger charge is -2.19. The van der Waals surface area contributed by atoms with Crippen LogP contribution >= 0.6 is 23.1 Å². The monoisotopic (exact) mass is 416 g/mol. The summed E-state index contributed by atoms with van der Waals surface area (Å²) in [5.74, 6) is 0.966. The van der Waals surface area contributed by atoms with Gasteiger partial charge in [0.05, 0.1) is 50.2 Å². The van der Waals surface area contributed by atoms with Crippen LogP contribution in [-0.4, -0.2) is 49.5 Å². The van der Waals surface area contributed by atoms with Crippen molar-refractivity contribution in [3.05, 3.63) is 51.1 Å². The first-order valence-corrected chi connectivity index (χ1v) is 11.7. The molecule has 1 aliphatic heterocycles. The summed E-state index contributed by atoms with van der Waals surface area (Å²) in [4.78, 5) is 23.8. The normalized spacial score (nSPS) is 16.6. The summed E-state index contributed by atoms with van der Waals surface area (Å²) in [5, 5.41) is 1.66. The van der Waals surface area contributed by atoms with Crippen LogP contribution in [0.4, 0.5) is 0 Å². The van der Waals surface area contributed by atoms with E-state index in [0.29, 0.717) is 0 Å². The molecule has 1 aliphatic rings. The highest BCUT2D eigenvalue weighted by atomic mass is 32.2. The maximum Gasteiger partial charge on any atom is 0.267 e. The van der Waals surface area contributed by atoms with E-state index < -0.39 is 0 Å². The van der Waals surface area contributed by atoms with E-state index in [1.807, 2.05) is 34.9 Å². The van der Waals surface area contributed by atoms with Gasteiger partial charge in [0.15, 0.2) is 5.16 Å². The molecule has 28 heavy (non-hydrogen) atoms. The molecule has 0 amide bonds. The van der Waals surface area contributed by atoms with Crippen LogP contribution in [0.25, 0.3) is 15.9 Å². The Balaban J connectivity index is 1.81. The minimum Gasteiger partial charge on any atom is -0.340 e. The van der Waals surface area contributed by atoms with Crippen molar-refractivity contribution in [3.8, 4) is 5.69 Å². The van der Waals surface area contributed by atoms with E-state index >= 15 is 0 Å². The Morgan fingerprint density at radius 1 is 1.29 bits per heavy atom. The van der Waals surface area contributed by atoms with Crippen LogP contribution in [0.1, 0.15) is 16.9 Å². The molecule has 4 rings (SSSR count). The number of fused-ring (bicyclic) bond motifs is 3. The van der Waals surface area contributed by atoms with Crippen molar-refractivity contribution in [2.45, 2.75) is 24.5 Å². The summed E-state index contributed by atoms with van der Waals surface area (Å²) >= 11 is 3.42. The van der Waals surface area contributed by atoms with Gasteiger partial charge in [-0.25, -0.2) is 4.98 Å². The quantitative estimate of drug-likeness (QED) is 0.352. The molecule has 0 aliphatic carbocycles. The lowest BCUT2D eigenvalue weighted by molar-refractivity contribution is -0.895. The molecule has 2 N–H and O–H groups in total. The van der Waals surface area contributed by atoms with E-state index in [2.05, 4.69) is 21.1 Å². The predicted molar refractivity (Wildman–Crippen MR) is 117 cm³/mol. The van der Waals surface area contributed by atoms with Gasteiger partial charge < -0.3 is 9.80 Å². The number of likely N-dealkylation sites (N-methyl/N-ethyl adjacent to an activating group) is 1. The predicted octanol–water partition coefficient (Wildman–Crippen LogP) is 0.645. The van der Waals surface area contributed by atoms with Crippen LogP contribution in [0, 0.1) is 0 Å². The SMILES string of the molecule is C[NH+](C)CCCSc1nc2sc3c(c2c(=O)n1-c1ccccc1)CC[NH+](C)C3. The van der Waals surface area contributed by atoms with Crippen molar-refractivity contribution in [1.82, 2.24) is 9.55 Å². The fourth-order valence-electron chi connectivity index (χ4n) is 3.73. The molecule has 148 valence electrons. The topological polar surface area (TPSA) is 43.8 Å². The number of nitrogens with one attached hydrogen (secondary N) is 2. The molecule has 1 aromatic carbocycles. The number of nitrogens with zero attached hydrogens (tertiary/aromatic N) is 2. The molecular formula is C21H28N4OS2+2. The fourth-order valence-corrected chi connectivity index (χ4v) is 6.06. The van der Waals surface area contributed by atoms with Crippen molar-refractivity contribution >= 4 is 33.3 Å². The van der Waals surface area contributed by atoms with Gasteiger partial charge in [0.25, 0.3) is 5.56 Å². The van der Waals surface area contributed by atoms with Gasteiger partial charge in [0.1, 0.15) is 11.4 Å². The molecule has 0 fully saturated rings. The van der Waals surface area contributed by atoms with Gasteiger partial charge in [0.2, 0.25) is 0 Å². The summed E-state index contributed by atoms with van der Waals surface area (Å²) in [6.45, 7) is 3.19. The van der Waals surface area contributed by atoms with E-state index in [-0.39, 0.29) is 5.56 Å². The van der Waals surface area contributed by atoms with Crippen LogP contribution in [0.2, 0.25) is 0 Å². The number of benzene rings is 1. The van der Waals surface area contributed by atoms with E-state index in [0.717, 1.165) is 59.3 Å². The van der Waals surface area contributed by atoms with Crippen LogP contribution in [0.5, 0.6) is 0 Å². The standard InChI is InChI=1S/C21H26N4OS2/c1-23(2)11-7-13-27-21-22-19-18(16-10-12-24(3)14-17(16)28-19)20(26)25(21)15-8-5-4-6-9-15/h4-6,8-9H,7,10-14H2,1-3H3/p+2. The maximum absolute atomic E-state index is 13.6. The molecule has 5 nitrogen and oxygen atoms in total. The third-order valence-electron chi connectivity index (χ3n) is 5.21. The molecule has 3 heterocycles. The number of thioether (sulfide) groups is 1. The van der Waals surface area contributed by atoms with E-state index in [4.69, 9.17) is 4.98 Å². The van der Waals surface area contributed by atoms with Crippen LogP contribution in [-0.2, 0) is 13.0 Å². The van der Waals surface area contributed by atoms with Gasteiger partial charge in [-0.2, -0.15) is 0 Å². The zero-order valence-electron chi connectivity index (χ0n) is 16.7. The van der Waals surface area contributed by atoms with Gasteiger partial charge >= 0.3 is 0 Å². The van der Waals surface area contributed by atoms with Crippen molar-refractivity contribution in [2.75, 3.05) is 40.0 Å². The molecule has 7 heteroatoms. The molecular weight excluding hydrogens is 388 g/mol. The third-order valence-corrected chi connectivity index (χ3v) is 7.36. The number of rotatable bonds is 6. The van der Waals surface area contributed by atoms with Crippen LogP contribution in [0.15, 0.2) is 40.3 Å². The lowest BCUT2D eigenvalue weighted by atomic mass is 10.1.